The van der Waals surface area contributed by atoms with Crippen molar-refractivity contribution >= 4 is 69.5 Å². The third kappa shape index (κ3) is 5.61. The second kappa shape index (κ2) is 10.1. The van der Waals surface area contributed by atoms with Crippen LogP contribution >= 0.6 is 57.9 Å². The fourth-order valence-corrected chi connectivity index (χ4v) is 4.89. The van der Waals surface area contributed by atoms with Gasteiger partial charge >= 0.3 is 0 Å². The minimum absolute atomic E-state index is 0.143. The lowest BCUT2D eigenvalue weighted by Crippen LogP contribution is -2.15. The first kappa shape index (κ1) is 22.2. The molecule has 158 valence electrons. The van der Waals surface area contributed by atoms with Crippen LogP contribution in [0.25, 0.3) is 5.69 Å². The third-order valence-electron chi connectivity index (χ3n) is 4.24. The fraction of sp³-hybridized carbons (Fsp3) is 0.0952. The predicted molar refractivity (Wildman–Crippen MR) is 129 cm³/mol. The van der Waals surface area contributed by atoms with Crippen LogP contribution in [0.1, 0.15) is 10.7 Å². The van der Waals surface area contributed by atoms with E-state index in [0.717, 1.165) is 11.5 Å². The van der Waals surface area contributed by atoms with E-state index in [-0.39, 0.29) is 11.7 Å². The first-order valence-electron chi connectivity index (χ1n) is 9.10. The van der Waals surface area contributed by atoms with Gasteiger partial charge in [-0.25, -0.2) is 0 Å². The maximum atomic E-state index is 12.5. The van der Waals surface area contributed by atoms with Crippen LogP contribution in [0.15, 0.2) is 65.1 Å². The van der Waals surface area contributed by atoms with Crippen LogP contribution in [0.3, 0.4) is 0 Å². The molecule has 0 saturated carbocycles. The lowest BCUT2D eigenvalue weighted by atomic mass is 10.3. The summed E-state index contributed by atoms with van der Waals surface area (Å²) in [6.45, 7) is 0. The van der Waals surface area contributed by atoms with Crippen LogP contribution < -0.4 is 5.32 Å². The summed E-state index contributed by atoms with van der Waals surface area (Å²) in [5, 5.41) is 15.7. The molecule has 1 amide bonds. The van der Waals surface area contributed by atoms with E-state index < -0.39 is 0 Å². The number of carbonyl (C=O) groups is 1. The maximum Gasteiger partial charge on any atom is 0.234 e. The number of rotatable bonds is 7. The highest BCUT2D eigenvalue weighted by Gasteiger charge is 2.17. The van der Waals surface area contributed by atoms with Crippen LogP contribution in [0.5, 0.6) is 0 Å². The number of nitrogens with zero attached hydrogens (tertiary/aromatic N) is 3. The Morgan fingerprint density at radius 2 is 1.81 bits per heavy atom. The zero-order chi connectivity index (χ0) is 21.8. The van der Waals surface area contributed by atoms with E-state index in [1.807, 2.05) is 40.3 Å². The van der Waals surface area contributed by atoms with Crippen molar-refractivity contribution in [3.8, 4) is 5.69 Å². The van der Waals surface area contributed by atoms with Crippen molar-refractivity contribution in [2.75, 3.05) is 11.1 Å². The van der Waals surface area contributed by atoms with Crippen LogP contribution in [0.4, 0.5) is 5.69 Å². The molecule has 4 rings (SSSR count). The summed E-state index contributed by atoms with van der Waals surface area (Å²) in [5.41, 5.74) is 1.39. The highest BCUT2D eigenvalue weighted by molar-refractivity contribution is 7.99. The molecule has 5 nitrogen and oxygen atoms in total. The molecule has 1 N–H and O–H groups in total. The molecule has 0 atom stereocenters. The molecule has 0 fully saturated rings. The van der Waals surface area contributed by atoms with Gasteiger partial charge in [0.1, 0.15) is 5.82 Å². The number of benzene rings is 2. The number of aromatic nitrogens is 3. The summed E-state index contributed by atoms with van der Waals surface area (Å²) >= 11 is 21.1. The average molecular weight is 510 g/mol. The normalized spacial score (nSPS) is 10.9. The standard InChI is InChI=1S/C21H15Cl3N4OS2/c22-13-3-6-15(7-4-13)28-19(11-16-2-1-9-30-16)26-27-21(28)31-12-20(29)25-18-8-5-14(23)10-17(18)24/h1-10H,11-12H2,(H,25,29). The van der Waals surface area contributed by atoms with Gasteiger partial charge in [0.2, 0.25) is 5.91 Å². The zero-order valence-electron chi connectivity index (χ0n) is 15.9. The van der Waals surface area contributed by atoms with Gasteiger partial charge in [-0.2, -0.15) is 0 Å². The maximum absolute atomic E-state index is 12.5. The van der Waals surface area contributed by atoms with Gasteiger partial charge in [0.05, 0.1) is 16.5 Å². The Morgan fingerprint density at radius 3 is 2.52 bits per heavy atom. The lowest BCUT2D eigenvalue weighted by molar-refractivity contribution is -0.113. The molecule has 0 radical (unpaired) electrons. The highest BCUT2D eigenvalue weighted by atomic mass is 35.5. The Bertz CT molecular complexity index is 1190. The van der Waals surface area contributed by atoms with Crippen molar-refractivity contribution in [2.45, 2.75) is 11.6 Å². The van der Waals surface area contributed by atoms with Crippen LogP contribution in [0, 0.1) is 0 Å². The molecule has 2 aromatic heterocycles. The van der Waals surface area contributed by atoms with Crippen molar-refractivity contribution in [2.24, 2.45) is 0 Å². The third-order valence-corrected chi connectivity index (χ3v) is 6.84. The molecule has 0 bridgehead atoms. The smallest absolute Gasteiger partial charge is 0.234 e. The van der Waals surface area contributed by atoms with Crippen LogP contribution in [-0.4, -0.2) is 26.4 Å². The summed E-state index contributed by atoms with van der Waals surface area (Å²) in [4.78, 5) is 13.7. The Morgan fingerprint density at radius 1 is 1.03 bits per heavy atom. The molecule has 10 heteroatoms. The monoisotopic (exact) mass is 508 g/mol. The van der Waals surface area contributed by atoms with Gasteiger partial charge in [0.25, 0.3) is 0 Å². The molecule has 0 unspecified atom stereocenters. The first-order chi connectivity index (χ1) is 15.0. The minimum Gasteiger partial charge on any atom is -0.324 e. The summed E-state index contributed by atoms with van der Waals surface area (Å²) in [7, 11) is 0. The van der Waals surface area contributed by atoms with E-state index in [0.29, 0.717) is 32.3 Å². The summed E-state index contributed by atoms with van der Waals surface area (Å²) in [6.07, 6.45) is 0.639. The van der Waals surface area contributed by atoms with Crippen LogP contribution in [-0.2, 0) is 11.2 Å². The van der Waals surface area contributed by atoms with Gasteiger partial charge in [-0.1, -0.05) is 52.6 Å². The predicted octanol–water partition coefficient (Wildman–Crippen LogP) is 6.61. The number of anilines is 1. The van der Waals surface area contributed by atoms with Gasteiger partial charge in [0.15, 0.2) is 5.16 Å². The Kier molecular flexibility index (Phi) is 7.20. The van der Waals surface area contributed by atoms with E-state index in [9.17, 15) is 4.79 Å². The fourth-order valence-electron chi connectivity index (χ4n) is 2.83. The molecule has 2 heterocycles. The molecule has 0 spiro atoms. The second-order valence-corrected chi connectivity index (χ2v) is 9.68. The number of amides is 1. The molecule has 2 aromatic carbocycles. The van der Waals surface area contributed by atoms with E-state index in [4.69, 9.17) is 34.8 Å². The van der Waals surface area contributed by atoms with Gasteiger partial charge in [-0.3, -0.25) is 9.36 Å². The summed E-state index contributed by atoms with van der Waals surface area (Å²) in [5.74, 6) is 0.719. The number of thiophene rings is 1. The molecule has 0 aliphatic carbocycles. The number of thioether (sulfide) groups is 1. The number of halogens is 3. The largest absolute Gasteiger partial charge is 0.324 e. The number of hydrogen-bond donors (Lipinski definition) is 1. The van der Waals surface area contributed by atoms with Gasteiger partial charge in [-0.15, -0.1) is 21.5 Å². The quantitative estimate of drug-likeness (QED) is 0.285. The van der Waals surface area contributed by atoms with Crippen molar-refractivity contribution in [1.82, 2.24) is 14.8 Å². The minimum atomic E-state index is -0.209. The summed E-state index contributed by atoms with van der Waals surface area (Å²) in [6, 6.07) is 16.4. The summed E-state index contributed by atoms with van der Waals surface area (Å²) < 4.78 is 1.95. The molecule has 0 aliphatic rings. The number of hydrogen-bond acceptors (Lipinski definition) is 5. The topological polar surface area (TPSA) is 59.8 Å². The van der Waals surface area contributed by atoms with Gasteiger partial charge in [0, 0.05) is 27.0 Å². The highest BCUT2D eigenvalue weighted by Crippen LogP contribution is 2.28. The van der Waals surface area contributed by atoms with Crippen molar-refractivity contribution in [3.63, 3.8) is 0 Å². The number of nitrogens with one attached hydrogen (secondary N) is 1. The second-order valence-electron chi connectivity index (χ2n) is 6.43. The van der Waals surface area contributed by atoms with Crippen LogP contribution in [0.2, 0.25) is 15.1 Å². The van der Waals surface area contributed by atoms with Crippen molar-refractivity contribution < 1.29 is 4.79 Å². The van der Waals surface area contributed by atoms with E-state index >= 15 is 0 Å². The van der Waals surface area contributed by atoms with Gasteiger partial charge < -0.3 is 5.32 Å². The van der Waals surface area contributed by atoms with Crippen molar-refractivity contribution in [1.29, 1.82) is 0 Å². The van der Waals surface area contributed by atoms with Crippen molar-refractivity contribution in [3.05, 3.63) is 85.7 Å². The molecule has 0 saturated heterocycles. The SMILES string of the molecule is O=C(CSc1nnc(Cc2cccs2)n1-c1ccc(Cl)cc1)Nc1ccc(Cl)cc1Cl. The molecule has 0 aliphatic heterocycles. The van der Waals surface area contributed by atoms with E-state index in [2.05, 4.69) is 21.6 Å². The molecular weight excluding hydrogens is 495 g/mol. The zero-order valence-corrected chi connectivity index (χ0v) is 19.8. The number of carbonyl (C=O) groups excluding carboxylic acids is 1. The lowest BCUT2D eigenvalue weighted by Gasteiger charge is -2.11. The molecule has 4 aromatic rings. The Balaban J connectivity index is 1.53. The van der Waals surface area contributed by atoms with E-state index in [1.165, 1.54) is 16.6 Å². The van der Waals surface area contributed by atoms with Gasteiger partial charge in [-0.05, 0) is 53.9 Å². The Hall–Kier alpha value is -2.03. The molecule has 31 heavy (non-hydrogen) atoms. The average Bonchev–Trinajstić information content (AvgIpc) is 3.40. The molecular formula is C21H15Cl3N4OS2. The Labute approximate surface area is 202 Å². The van der Waals surface area contributed by atoms with E-state index in [1.54, 1.807) is 29.5 Å². The first-order valence-corrected chi connectivity index (χ1v) is 12.1.